The van der Waals surface area contributed by atoms with Gasteiger partial charge in [-0.05, 0) is 88.3 Å². The molecule has 2 saturated heterocycles. The molecule has 2 heterocycles. The fourth-order valence-corrected chi connectivity index (χ4v) is 7.61. The van der Waals surface area contributed by atoms with Crippen LogP contribution in [0.4, 0.5) is 0 Å². The smallest absolute Gasteiger partial charge is 0.245 e. The standard InChI is InChI=1S/C41H63N9O4/c1-28(2)25-35(48-39(53)36(27-31-16-8-5-9-17-31)47-37(51)33(42)26-30-14-6-4-7-15-30)38(52)46-34(18-10-11-21-45-41(43)44)40(54)49-23-19-32(20-24-49)50-22-12-13-29(50)3/h4-9,14-17,28-29,32-36H,10-13,18-27,42H2,1-3H3,(H,46,52)(H,47,51)(H,48,53)(H4,43,44,45)/t29-,33-,34-,35-,36-/m1/s1. The molecule has 13 heteroatoms. The van der Waals surface area contributed by atoms with Gasteiger partial charge in [-0.2, -0.15) is 0 Å². The molecule has 2 fully saturated rings. The molecule has 0 bridgehead atoms. The second kappa shape index (κ2) is 21.4. The van der Waals surface area contributed by atoms with Gasteiger partial charge in [-0.3, -0.25) is 29.1 Å². The van der Waals surface area contributed by atoms with Crippen LogP contribution >= 0.6 is 0 Å². The average Bonchev–Trinajstić information content (AvgIpc) is 3.59. The molecule has 0 aromatic heterocycles. The highest BCUT2D eigenvalue weighted by Gasteiger charge is 2.35. The van der Waals surface area contributed by atoms with E-state index in [9.17, 15) is 19.2 Å². The summed E-state index contributed by atoms with van der Waals surface area (Å²) in [4.78, 5) is 64.1. The lowest BCUT2D eigenvalue weighted by molar-refractivity contribution is -0.139. The molecule has 13 nitrogen and oxygen atoms in total. The second-order valence-electron chi connectivity index (χ2n) is 15.4. The van der Waals surface area contributed by atoms with Crippen molar-refractivity contribution in [1.82, 2.24) is 25.8 Å². The van der Waals surface area contributed by atoms with Crippen molar-refractivity contribution in [2.45, 2.75) is 121 Å². The van der Waals surface area contributed by atoms with Crippen molar-refractivity contribution >= 4 is 29.6 Å². The Morgan fingerprint density at radius 1 is 0.759 bits per heavy atom. The van der Waals surface area contributed by atoms with E-state index in [1.165, 1.54) is 12.8 Å². The van der Waals surface area contributed by atoms with Crippen molar-refractivity contribution in [3.8, 4) is 0 Å². The van der Waals surface area contributed by atoms with E-state index in [0.29, 0.717) is 63.8 Å². The zero-order chi connectivity index (χ0) is 39.0. The Morgan fingerprint density at radius 2 is 1.33 bits per heavy atom. The molecule has 2 aliphatic rings. The Bertz CT molecular complexity index is 1510. The summed E-state index contributed by atoms with van der Waals surface area (Å²) in [5.41, 5.74) is 19.1. The van der Waals surface area contributed by atoms with Gasteiger partial charge in [-0.1, -0.05) is 74.5 Å². The molecule has 4 amide bonds. The topological polar surface area (TPSA) is 201 Å². The molecular formula is C41H63N9O4. The van der Waals surface area contributed by atoms with E-state index >= 15 is 0 Å². The summed E-state index contributed by atoms with van der Waals surface area (Å²) >= 11 is 0. The highest BCUT2D eigenvalue weighted by Crippen LogP contribution is 2.26. The summed E-state index contributed by atoms with van der Waals surface area (Å²) in [6.07, 6.45) is 6.73. The lowest BCUT2D eigenvalue weighted by Gasteiger charge is -2.39. The van der Waals surface area contributed by atoms with E-state index in [1.807, 2.05) is 79.4 Å². The molecule has 0 unspecified atom stereocenters. The van der Waals surface area contributed by atoms with E-state index in [0.717, 1.165) is 30.5 Å². The van der Waals surface area contributed by atoms with Gasteiger partial charge in [-0.15, -0.1) is 0 Å². The van der Waals surface area contributed by atoms with Crippen LogP contribution < -0.4 is 33.2 Å². The summed E-state index contributed by atoms with van der Waals surface area (Å²) in [6, 6.07) is 16.3. The molecule has 0 saturated carbocycles. The summed E-state index contributed by atoms with van der Waals surface area (Å²) < 4.78 is 0. The lowest BCUT2D eigenvalue weighted by Crippen LogP contribution is -2.59. The largest absolute Gasteiger partial charge is 0.370 e. The number of nitrogens with two attached hydrogens (primary N) is 3. The molecule has 54 heavy (non-hydrogen) atoms. The van der Waals surface area contributed by atoms with Crippen molar-refractivity contribution in [3.05, 3.63) is 71.8 Å². The van der Waals surface area contributed by atoms with Crippen LogP contribution in [0, 0.1) is 5.92 Å². The molecule has 2 aliphatic heterocycles. The third-order valence-electron chi connectivity index (χ3n) is 10.6. The van der Waals surface area contributed by atoms with Gasteiger partial charge < -0.3 is 38.1 Å². The van der Waals surface area contributed by atoms with Gasteiger partial charge in [0.25, 0.3) is 0 Å². The number of nitrogens with one attached hydrogen (secondary N) is 3. The highest BCUT2D eigenvalue weighted by atomic mass is 16.2. The second-order valence-corrected chi connectivity index (χ2v) is 15.4. The van der Waals surface area contributed by atoms with Gasteiger partial charge in [-0.25, -0.2) is 0 Å². The number of likely N-dealkylation sites (tertiary alicyclic amines) is 2. The van der Waals surface area contributed by atoms with Crippen molar-refractivity contribution in [1.29, 1.82) is 0 Å². The number of hydrogen-bond donors (Lipinski definition) is 6. The molecule has 5 atom stereocenters. The Kier molecular flexibility index (Phi) is 16.8. The predicted octanol–water partition coefficient (Wildman–Crippen LogP) is 2.22. The fourth-order valence-electron chi connectivity index (χ4n) is 7.61. The van der Waals surface area contributed by atoms with Gasteiger partial charge >= 0.3 is 0 Å². The minimum atomic E-state index is -0.989. The minimum Gasteiger partial charge on any atom is -0.370 e. The monoisotopic (exact) mass is 746 g/mol. The number of amides is 4. The Labute approximate surface area is 321 Å². The Hall–Kier alpha value is -4.49. The van der Waals surface area contributed by atoms with Crippen molar-refractivity contribution < 1.29 is 19.2 Å². The summed E-state index contributed by atoms with van der Waals surface area (Å²) in [7, 11) is 0. The minimum absolute atomic E-state index is 0.0123. The first-order chi connectivity index (χ1) is 25.9. The molecule has 0 spiro atoms. The fraction of sp³-hybridized carbons (Fsp3) is 0.585. The van der Waals surface area contributed by atoms with Gasteiger partial charge in [0.15, 0.2) is 5.96 Å². The van der Waals surface area contributed by atoms with E-state index in [-0.39, 0.29) is 24.2 Å². The van der Waals surface area contributed by atoms with E-state index in [2.05, 4.69) is 32.8 Å². The summed E-state index contributed by atoms with van der Waals surface area (Å²) in [5.74, 6) is -1.46. The zero-order valence-electron chi connectivity index (χ0n) is 32.4. The number of nitrogens with zero attached hydrogens (tertiary/aromatic N) is 3. The number of guanidine groups is 1. The number of benzene rings is 2. The normalized spacial score (nSPS) is 18.7. The first-order valence-electron chi connectivity index (χ1n) is 19.8. The number of piperidine rings is 1. The Morgan fingerprint density at radius 3 is 1.91 bits per heavy atom. The first kappa shape index (κ1) is 42.3. The lowest BCUT2D eigenvalue weighted by atomic mass is 9.98. The molecular weight excluding hydrogens is 683 g/mol. The van der Waals surface area contributed by atoms with Crippen LogP contribution in [-0.4, -0.2) is 102 Å². The molecule has 2 aromatic carbocycles. The third kappa shape index (κ3) is 13.4. The van der Waals surface area contributed by atoms with Crippen LogP contribution in [0.15, 0.2) is 65.7 Å². The van der Waals surface area contributed by atoms with Crippen molar-refractivity contribution in [2.75, 3.05) is 26.2 Å². The molecule has 9 N–H and O–H groups in total. The van der Waals surface area contributed by atoms with Crippen LogP contribution in [-0.2, 0) is 32.0 Å². The SMILES string of the molecule is CC(C)C[C@@H](NC(=O)[C@@H](Cc1ccccc1)NC(=O)[C@H](N)Cc1ccccc1)C(=O)N[C@H](CCCCN=C(N)N)C(=O)N1CCC(N2CCC[C@H]2C)CC1. The quantitative estimate of drug-likeness (QED) is 0.0714. The number of hydrogen-bond acceptors (Lipinski definition) is 7. The number of carbonyl (C=O) groups excluding carboxylic acids is 4. The van der Waals surface area contributed by atoms with Crippen LogP contribution in [0.25, 0.3) is 0 Å². The maximum atomic E-state index is 14.1. The summed E-state index contributed by atoms with van der Waals surface area (Å²) in [6.45, 7) is 9.01. The van der Waals surface area contributed by atoms with Crippen molar-refractivity contribution in [2.24, 2.45) is 28.1 Å². The van der Waals surface area contributed by atoms with Crippen LogP contribution in [0.3, 0.4) is 0 Å². The number of aliphatic imine (C=N–C) groups is 1. The van der Waals surface area contributed by atoms with Gasteiger partial charge in [0.1, 0.15) is 18.1 Å². The van der Waals surface area contributed by atoms with Crippen LogP contribution in [0.2, 0.25) is 0 Å². The van der Waals surface area contributed by atoms with Crippen LogP contribution in [0.1, 0.15) is 83.3 Å². The van der Waals surface area contributed by atoms with Crippen molar-refractivity contribution in [3.63, 3.8) is 0 Å². The average molecular weight is 746 g/mol. The molecule has 0 radical (unpaired) electrons. The number of unbranched alkanes of at least 4 members (excludes halogenated alkanes) is 1. The maximum absolute atomic E-state index is 14.1. The van der Waals surface area contributed by atoms with Gasteiger partial charge in [0.2, 0.25) is 23.6 Å². The third-order valence-corrected chi connectivity index (χ3v) is 10.6. The van der Waals surface area contributed by atoms with Gasteiger partial charge in [0, 0.05) is 38.1 Å². The van der Waals surface area contributed by atoms with Gasteiger partial charge in [0.05, 0.1) is 6.04 Å². The zero-order valence-corrected chi connectivity index (χ0v) is 32.4. The van der Waals surface area contributed by atoms with E-state index in [4.69, 9.17) is 17.2 Å². The highest BCUT2D eigenvalue weighted by molar-refractivity contribution is 5.95. The maximum Gasteiger partial charge on any atom is 0.245 e. The van der Waals surface area contributed by atoms with E-state index in [1.54, 1.807) is 0 Å². The number of carbonyl (C=O) groups is 4. The van der Waals surface area contributed by atoms with Crippen LogP contribution in [0.5, 0.6) is 0 Å². The Balaban J connectivity index is 1.46. The number of rotatable bonds is 19. The molecule has 4 rings (SSSR count). The molecule has 2 aromatic rings. The first-order valence-corrected chi connectivity index (χ1v) is 19.8. The molecule has 0 aliphatic carbocycles. The predicted molar refractivity (Wildman–Crippen MR) is 213 cm³/mol. The summed E-state index contributed by atoms with van der Waals surface area (Å²) in [5, 5.41) is 8.82. The van der Waals surface area contributed by atoms with E-state index < -0.39 is 41.9 Å². The molecule has 296 valence electrons.